The first-order chi connectivity index (χ1) is 9.51. The summed E-state index contributed by atoms with van der Waals surface area (Å²) < 4.78 is 0. The van der Waals surface area contributed by atoms with Crippen LogP contribution in [0.4, 0.5) is 11.6 Å². The number of anilines is 2. The number of thiazole rings is 1. The molecule has 0 spiro atoms. The van der Waals surface area contributed by atoms with Gasteiger partial charge in [0.2, 0.25) is 0 Å². The average molecular weight is 331 g/mol. The van der Waals surface area contributed by atoms with Crippen molar-refractivity contribution in [3.05, 3.63) is 32.2 Å². The largest absolute Gasteiger partial charge is 0.369 e. The molecule has 0 aliphatic carbocycles. The Morgan fingerprint density at radius 3 is 2.55 bits per heavy atom. The molecular weight excluding hydrogens is 315 g/mol. The zero-order valence-corrected chi connectivity index (χ0v) is 13.8. The maximum absolute atomic E-state index is 6.18. The summed E-state index contributed by atoms with van der Waals surface area (Å²) in [4.78, 5) is 8.88. The zero-order valence-electron chi connectivity index (χ0n) is 11.5. The summed E-state index contributed by atoms with van der Waals surface area (Å²) in [6.07, 6.45) is 0. The summed E-state index contributed by atoms with van der Waals surface area (Å²) in [5, 5.41) is 10.4. The topological polar surface area (TPSA) is 49.8 Å². The Kier molecular flexibility index (Phi) is 5.07. The molecule has 2 aromatic heterocycles. The van der Waals surface area contributed by atoms with Crippen LogP contribution >= 0.6 is 34.5 Å². The minimum atomic E-state index is 0.0364. The molecule has 0 saturated heterocycles. The summed E-state index contributed by atoms with van der Waals surface area (Å²) in [7, 11) is 0. The van der Waals surface area contributed by atoms with E-state index in [2.05, 4.69) is 20.6 Å². The highest BCUT2D eigenvalue weighted by Gasteiger charge is 2.14. The van der Waals surface area contributed by atoms with Crippen molar-refractivity contribution in [2.45, 2.75) is 26.8 Å². The zero-order chi connectivity index (χ0) is 14.7. The van der Waals surface area contributed by atoms with Gasteiger partial charge in [0.15, 0.2) is 0 Å². The van der Waals surface area contributed by atoms with Gasteiger partial charge in [0.05, 0.1) is 16.1 Å². The van der Waals surface area contributed by atoms with Crippen molar-refractivity contribution in [3.63, 3.8) is 0 Å². The number of nitrogens with zero attached hydrogens (tertiary/aromatic N) is 2. The van der Waals surface area contributed by atoms with Crippen LogP contribution in [-0.2, 0) is 0 Å². The average Bonchev–Trinajstić information content (AvgIpc) is 2.82. The van der Waals surface area contributed by atoms with Gasteiger partial charge in [-0.15, -0.1) is 11.3 Å². The Morgan fingerprint density at radius 2 is 1.95 bits per heavy atom. The highest BCUT2D eigenvalue weighted by atomic mass is 35.5. The van der Waals surface area contributed by atoms with Crippen LogP contribution in [-0.4, -0.2) is 16.5 Å². The Bertz CT molecular complexity index is 600. The van der Waals surface area contributed by atoms with E-state index in [1.807, 2.05) is 26.2 Å². The maximum Gasteiger partial charge on any atom is 0.147 e. The molecule has 1 unspecified atom stereocenters. The van der Waals surface area contributed by atoms with Crippen molar-refractivity contribution in [2.75, 3.05) is 17.2 Å². The highest BCUT2D eigenvalue weighted by Crippen LogP contribution is 2.31. The second-order valence-corrected chi connectivity index (χ2v) is 6.08. The van der Waals surface area contributed by atoms with Gasteiger partial charge < -0.3 is 10.6 Å². The third-order valence-electron chi connectivity index (χ3n) is 2.63. The van der Waals surface area contributed by atoms with E-state index in [9.17, 15) is 0 Å². The van der Waals surface area contributed by atoms with Gasteiger partial charge in [-0.1, -0.05) is 23.2 Å². The summed E-state index contributed by atoms with van der Waals surface area (Å²) in [5.41, 5.74) is 1.02. The summed E-state index contributed by atoms with van der Waals surface area (Å²) in [6.45, 7) is 6.73. The predicted octanol–water partition coefficient (Wildman–Crippen LogP) is 4.76. The first-order valence-electron chi connectivity index (χ1n) is 6.29. The van der Waals surface area contributed by atoms with Crippen LogP contribution in [0.25, 0.3) is 0 Å². The molecule has 0 aliphatic heterocycles. The summed E-state index contributed by atoms with van der Waals surface area (Å²) >= 11 is 13.9. The molecule has 2 aromatic rings. The number of pyridine rings is 1. The first-order valence-corrected chi connectivity index (χ1v) is 7.93. The van der Waals surface area contributed by atoms with Crippen LogP contribution in [0.1, 0.15) is 30.6 Å². The minimum Gasteiger partial charge on any atom is -0.369 e. The van der Waals surface area contributed by atoms with Crippen molar-refractivity contribution in [1.29, 1.82) is 0 Å². The lowest BCUT2D eigenvalue weighted by Gasteiger charge is -2.15. The number of halogens is 2. The van der Waals surface area contributed by atoms with E-state index in [-0.39, 0.29) is 6.04 Å². The molecular formula is C13H16Cl2N4S. The molecule has 20 heavy (non-hydrogen) atoms. The fraction of sp³-hybridized carbons (Fsp3) is 0.385. The quantitative estimate of drug-likeness (QED) is 0.829. The molecule has 2 heterocycles. The maximum atomic E-state index is 6.18. The molecule has 0 aromatic carbocycles. The van der Waals surface area contributed by atoms with Gasteiger partial charge in [-0.25, -0.2) is 9.97 Å². The molecule has 0 saturated carbocycles. The smallest absolute Gasteiger partial charge is 0.147 e. The van der Waals surface area contributed by atoms with Crippen molar-refractivity contribution < 1.29 is 0 Å². The Labute approximate surface area is 132 Å². The molecule has 0 radical (unpaired) electrons. The molecule has 108 valence electrons. The third-order valence-corrected chi connectivity index (χ3v) is 4.36. The van der Waals surface area contributed by atoms with E-state index in [1.54, 1.807) is 17.4 Å². The monoisotopic (exact) mass is 330 g/mol. The van der Waals surface area contributed by atoms with E-state index in [4.69, 9.17) is 23.2 Å². The van der Waals surface area contributed by atoms with E-state index >= 15 is 0 Å². The van der Waals surface area contributed by atoms with E-state index in [0.29, 0.717) is 21.7 Å². The normalized spacial score (nSPS) is 12.2. The lowest BCUT2D eigenvalue weighted by atomic mass is 10.3. The van der Waals surface area contributed by atoms with Gasteiger partial charge in [0.25, 0.3) is 0 Å². The van der Waals surface area contributed by atoms with Gasteiger partial charge >= 0.3 is 0 Å². The standard InChI is InChI=1S/C13H16Cl2N4S/c1-4-16-11-9(14)5-10(15)12(19-11)18-8(3)13-17-7(2)6-20-13/h5-6,8H,4H2,1-3H3,(H2,16,18,19). The van der Waals surface area contributed by atoms with Crippen LogP contribution in [0, 0.1) is 6.92 Å². The van der Waals surface area contributed by atoms with Crippen LogP contribution < -0.4 is 10.6 Å². The van der Waals surface area contributed by atoms with Crippen LogP contribution in [0.2, 0.25) is 10.0 Å². The molecule has 0 aliphatic rings. The molecule has 0 amide bonds. The molecule has 1 atom stereocenters. The minimum absolute atomic E-state index is 0.0364. The van der Waals surface area contributed by atoms with Crippen molar-refractivity contribution in [1.82, 2.24) is 9.97 Å². The highest BCUT2D eigenvalue weighted by molar-refractivity contribution is 7.09. The first kappa shape index (κ1) is 15.4. The lowest BCUT2D eigenvalue weighted by molar-refractivity contribution is 0.855. The SMILES string of the molecule is CCNc1nc(NC(C)c2nc(C)cs2)c(Cl)cc1Cl. The van der Waals surface area contributed by atoms with Crippen LogP contribution in [0.15, 0.2) is 11.4 Å². The van der Waals surface area contributed by atoms with E-state index in [1.165, 1.54) is 0 Å². The van der Waals surface area contributed by atoms with Gasteiger partial charge in [-0.2, -0.15) is 0 Å². The molecule has 7 heteroatoms. The number of aromatic nitrogens is 2. The second kappa shape index (κ2) is 6.61. The number of hydrogen-bond donors (Lipinski definition) is 2. The van der Waals surface area contributed by atoms with Crippen molar-refractivity contribution >= 4 is 46.2 Å². The number of hydrogen-bond acceptors (Lipinski definition) is 5. The van der Waals surface area contributed by atoms with Crippen molar-refractivity contribution in [2.24, 2.45) is 0 Å². The molecule has 2 N–H and O–H groups in total. The number of rotatable bonds is 5. The van der Waals surface area contributed by atoms with E-state index < -0.39 is 0 Å². The molecule has 0 bridgehead atoms. The fourth-order valence-electron chi connectivity index (χ4n) is 1.70. The Hall–Kier alpha value is -1.04. The third kappa shape index (κ3) is 3.53. The van der Waals surface area contributed by atoms with Gasteiger partial charge in [0.1, 0.15) is 16.6 Å². The molecule has 0 fully saturated rings. The van der Waals surface area contributed by atoms with Gasteiger partial charge in [0, 0.05) is 17.6 Å². The number of aryl methyl sites for hydroxylation is 1. The summed E-state index contributed by atoms with van der Waals surface area (Å²) in [5.74, 6) is 1.23. The number of nitrogens with one attached hydrogen (secondary N) is 2. The molecule has 4 nitrogen and oxygen atoms in total. The van der Waals surface area contributed by atoms with E-state index in [0.717, 1.165) is 17.2 Å². The van der Waals surface area contributed by atoms with Gasteiger partial charge in [-0.3, -0.25) is 0 Å². The fourth-order valence-corrected chi connectivity index (χ4v) is 2.98. The predicted molar refractivity (Wildman–Crippen MR) is 87.3 cm³/mol. The van der Waals surface area contributed by atoms with Crippen LogP contribution in [0.3, 0.4) is 0 Å². The molecule has 2 rings (SSSR count). The Morgan fingerprint density at radius 1 is 1.25 bits per heavy atom. The summed E-state index contributed by atoms with van der Waals surface area (Å²) in [6, 6.07) is 1.73. The van der Waals surface area contributed by atoms with Crippen LogP contribution in [0.5, 0.6) is 0 Å². The lowest BCUT2D eigenvalue weighted by Crippen LogP contribution is -2.10. The Balaban J connectivity index is 2.22. The second-order valence-electron chi connectivity index (χ2n) is 4.37. The van der Waals surface area contributed by atoms with Gasteiger partial charge in [-0.05, 0) is 26.8 Å². The van der Waals surface area contributed by atoms with Crippen molar-refractivity contribution in [3.8, 4) is 0 Å².